The minimum Gasteiger partial charge on any atom is -0.412 e. The predicted octanol–water partition coefficient (Wildman–Crippen LogP) is 1.66. The smallest absolute Gasteiger partial charge is 0.146 e. The number of hydrogen-bond donors (Lipinski definition) is 1. The van der Waals surface area contributed by atoms with Crippen LogP contribution in [0.3, 0.4) is 0 Å². The van der Waals surface area contributed by atoms with E-state index in [4.69, 9.17) is 5.90 Å². The van der Waals surface area contributed by atoms with Crippen molar-refractivity contribution in [3.05, 3.63) is 24.3 Å². The normalized spacial score (nSPS) is 9.40. The summed E-state index contributed by atoms with van der Waals surface area (Å²) in [4.78, 5) is 5.71. The maximum atomic E-state index is 4.93. The zero-order valence-electron chi connectivity index (χ0n) is 5.70. The van der Waals surface area contributed by atoms with Gasteiger partial charge in [0, 0.05) is 4.90 Å². The van der Waals surface area contributed by atoms with Crippen LogP contribution in [0.4, 0.5) is 0 Å². The third-order valence-electron chi connectivity index (χ3n) is 1.20. The lowest BCUT2D eigenvalue weighted by molar-refractivity contribution is 0.334. The van der Waals surface area contributed by atoms with Crippen molar-refractivity contribution < 1.29 is 4.84 Å². The molecule has 3 heteroatoms. The lowest BCUT2D eigenvalue weighted by Crippen LogP contribution is -2.00. The zero-order valence-corrected chi connectivity index (χ0v) is 6.52. The highest BCUT2D eigenvalue weighted by Gasteiger charge is 1.90. The van der Waals surface area contributed by atoms with Crippen LogP contribution in [0, 0.1) is 0 Å². The molecule has 0 saturated carbocycles. The summed E-state index contributed by atoms with van der Waals surface area (Å²) in [5, 5.41) is 0. The summed E-state index contributed by atoms with van der Waals surface area (Å²) in [6.45, 7) is 0. The Labute approximate surface area is 64.3 Å². The quantitative estimate of drug-likeness (QED) is 0.521. The van der Waals surface area contributed by atoms with Gasteiger partial charge in [-0.1, -0.05) is 0 Å². The molecule has 0 spiro atoms. The molecule has 0 fully saturated rings. The fraction of sp³-hybridized carbons (Fsp3) is 0.143. The summed E-state index contributed by atoms with van der Waals surface area (Å²) in [6.07, 6.45) is 2.03. The topological polar surface area (TPSA) is 35.2 Å². The standard InChI is InChI=1S/C7H9NOS/c1-10-7-4-2-6(9-8)3-5-7/h2-5H,8H2,1H3. The second kappa shape index (κ2) is 3.49. The number of benzene rings is 1. The average Bonchev–Trinajstić information content (AvgIpc) is 2.05. The summed E-state index contributed by atoms with van der Waals surface area (Å²) in [5.41, 5.74) is 0. The molecule has 10 heavy (non-hydrogen) atoms. The van der Waals surface area contributed by atoms with Crippen LogP contribution in [-0.2, 0) is 0 Å². The van der Waals surface area contributed by atoms with E-state index in [1.54, 1.807) is 11.8 Å². The van der Waals surface area contributed by atoms with Gasteiger partial charge in [0.15, 0.2) is 0 Å². The minimum atomic E-state index is 0.692. The van der Waals surface area contributed by atoms with Gasteiger partial charge in [0.25, 0.3) is 0 Å². The van der Waals surface area contributed by atoms with Crippen molar-refractivity contribution in [3.63, 3.8) is 0 Å². The minimum absolute atomic E-state index is 0.692. The summed E-state index contributed by atoms with van der Waals surface area (Å²) in [5.74, 6) is 5.63. The van der Waals surface area contributed by atoms with Crippen LogP contribution in [0.25, 0.3) is 0 Å². The molecule has 0 bridgehead atoms. The SMILES string of the molecule is CSc1ccc(ON)cc1. The van der Waals surface area contributed by atoms with Crippen molar-refractivity contribution in [2.24, 2.45) is 5.90 Å². The van der Waals surface area contributed by atoms with Crippen molar-refractivity contribution >= 4 is 11.8 Å². The number of nitrogens with two attached hydrogens (primary N) is 1. The van der Waals surface area contributed by atoms with Crippen LogP contribution >= 0.6 is 11.8 Å². The molecule has 54 valence electrons. The van der Waals surface area contributed by atoms with Gasteiger partial charge in [0.2, 0.25) is 0 Å². The van der Waals surface area contributed by atoms with Crippen molar-refractivity contribution in [3.8, 4) is 5.75 Å². The van der Waals surface area contributed by atoms with E-state index in [0.717, 1.165) is 0 Å². The first-order valence-electron chi connectivity index (χ1n) is 2.87. The molecular weight excluding hydrogens is 146 g/mol. The second-order valence-electron chi connectivity index (χ2n) is 1.79. The largest absolute Gasteiger partial charge is 0.412 e. The molecule has 0 saturated heterocycles. The predicted molar refractivity (Wildman–Crippen MR) is 43.0 cm³/mol. The van der Waals surface area contributed by atoms with Gasteiger partial charge in [-0.05, 0) is 30.5 Å². The molecule has 2 N–H and O–H groups in total. The van der Waals surface area contributed by atoms with Gasteiger partial charge >= 0.3 is 0 Å². The molecule has 0 atom stereocenters. The van der Waals surface area contributed by atoms with Crippen LogP contribution in [0.1, 0.15) is 0 Å². The fourth-order valence-corrected chi connectivity index (χ4v) is 1.06. The first-order valence-corrected chi connectivity index (χ1v) is 4.10. The van der Waals surface area contributed by atoms with Crippen LogP contribution in [-0.4, -0.2) is 6.26 Å². The zero-order chi connectivity index (χ0) is 7.40. The highest BCUT2D eigenvalue weighted by molar-refractivity contribution is 7.98. The van der Waals surface area contributed by atoms with Gasteiger partial charge in [-0.15, -0.1) is 11.8 Å². The van der Waals surface area contributed by atoms with E-state index >= 15 is 0 Å². The van der Waals surface area contributed by atoms with E-state index in [2.05, 4.69) is 4.84 Å². The first kappa shape index (κ1) is 7.44. The highest BCUT2D eigenvalue weighted by atomic mass is 32.2. The monoisotopic (exact) mass is 155 g/mol. The molecule has 0 radical (unpaired) electrons. The molecule has 1 aromatic carbocycles. The Morgan fingerprint density at radius 1 is 1.30 bits per heavy atom. The van der Waals surface area contributed by atoms with Gasteiger partial charge in [-0.2, -0.15) is 5.90 Å². The molecule has 0 aliphatic heterocycles. The summed E-state index contributed by atoms with van der Waals surface area (Å²) < 4.78 is 0. The number of thioether (sulfide) groups is 1. The molecule has 1 rings (SSSR count). The molecular formula is C7H9NOS. The highest BCUT2D eigenvalue weighted by Crippen LogP contribution is 2.17. The lowest BCUT2D eigenvalue weighted by atomic mass is 10.3. The Balaban J connectivity index is 2.80. The van der Waals surface area contributed by atoms with Crippen LogP contribution in [0.5, 0.6) is 5.75 Å². The van der Waals surface area contributed by atoms with Crippen LogP contribution in [0.2, 0.25) is 0 Å². The molecule has 0 aliphatic rings. The maximum absolute atomic E-state index is 4.93. The molecule has 1 aromatic rings. The van der Waals surface area contributed by atoms with Crippen LogP contribution < -0.4 is 10.7 Å². The average molecular weight is 155 g/mol. The van der Waals surface area contributed by atoms with E-state index in [1.807, 2.05) is 30.5 Å². The number of hydrogen-bond acceptors (Lipinski definition) is 3. The first-order chi connectivity index (χ1) is 4.86. The van der Waals surface area contributed by atoms with Gasteiger partial charge in [-0.25, -0.2) is 0 Å². The van der Waals surface area contributed by atoms with E-state index in [-0.39, 0.29) is 0 Å². The summed E-state index contributed by atoms with van der Waals surface area (Å²) >= 11 is 1.69. The van der Waals surface area contributed by atoms with E-state index in [1.165, 1.54) is 4.90 Å². The van der Waals surface area contributed by atoms with E-state index in [9.17, 15) is 0 Å². The van der Waals surface area contributed by atoms with Crippen molar-refractivity contribution in [1.82, 2.24) is 0 Å². The van der Waals surface area contributed by atoms with Crippen molar-refractivity contribution in [2.75, 3.05) is 6.26 Å². The van der Waals surface area contributed by atoms with E-state index in [0.29, 0.717) is 5.75 Å². The molecule has 2 nitrogen and oxygen atoms in total. The molecule has 0 aromatic heterocycles. The van der Waals surface area contributed by atoms with Crippen molar-refractivity contribution in [2.45, 2.75) is 4.90 Å². The van der Waals surface area contributed by atoms with Crippen molar-refractivity contribution in [1.29, 1.82) is 0 Å². The number of rotatable bonds is 2. The van der Waals surface area contributed by atoms with Gasteiger partial charge < -0.3 is 4.84 Å². The van der Waals surface area contributed by atoms with Gasteiger partial charge in [-0.3, -0.25) is 0 Å². The second-order valence-corrected chi connectivity index (χ2v) is 2.67. The van der Waals surface area contributed by atoms with Gasteiger partial charge in [0.1, 0.15) is 5.75 Å². The Hall–Kier alpha value is -0.670. The Bertz CT molecular complexity index is 174. The Kier molecular flexibility index (Phi) is 2.59. The molecule has 0 amide bonds. The Morgan fingerprint density at radius 3 is 2.30 bits per heavy atom. The fourth-order valence-electron chi connectivity index (χ4n) is 0.654. The maximum Gasteiger partial charge on any atom is 0.146 e. The Morgan fingerprint density at radius 2 is 1.90 bits per heavy atom. The molecule has 0 aliphatic carbocycles. The molecule has 0 heterocycles. The third-order valence-corrected chi connectivity index (χ3v) is 1.94. The van der Waals surface area contributed by atoms with Crippen LogP contribution in [0.15, 0.2) is 29.2 Å². The lowest BCUT2D eigenvalue weighted by Gasteiger charge is -1.97. The summed E-state index contributed by atoms with van der Waals surface area (Å²) in [6, 6.07) is 7.61. The molecule has 0 unspecified atom stereocenters. The van der Waals surface area contributed by atoms with Gasteiger partial charge in [0.05, 0.1) is 0 Å². The van der Waals surface area contributed by atoms with E-state index < -0.39 is 0 Å². The third kappa shape index (κ3) is 1.65. The summed E-state index contributed by atoms with van der Waals surface area (Å²) in [7, 11) is 0.